The lowest BCUT2D eigenvalue weighted by Crippen LogP contribution is -2.34. The Morgan fingerprint density at radius 2 is 1.53 bits per heavy atom. The van der Waals surface area contributed by atoms with Crippen molar-refractivity contribution < 1.29 is 0 Å². The van der Waals surface area contributed by atoms with Crippen molar-refractivity contribution in [3.8, 4) is 0 Å². The van der Waals surface area contributed by atoms with E-state index < -0.39 is 0 Å². The average Bonchev–Trinajstić information content (AvgIpc) is 2.28. The predicted molar refractivity (Wildman–Crippen MR) is 67.0 cm³/mol. The predicted octanol–water partition coefficient (Wildman–Crippen LogP) is 3.78. The highest BCUT2D eigenvalue weighted by Crippen LogP contribution is 2.26. The molecule has 0 bridgehead atoms. The molecule has 1 nitrogen and oxygen atoms in total. The SMILES string of the molecule is CCC(N)(CC)c1ccc(C(C)C)cc1. The zero-order chi connectivity index (χ0) is 11.5. The van der Waals surface area contributed by atoms with Gasteiger partial charge in [-0.1, -0.05) is 52.0 Å². The van der Waals surface area contributed by atoms with Gasteiger partial charge in [-0.05, 0) is 29.9 Å². The van der Waals surface area contributed by atoms with Crippen molar-refractivity contribution >= 4 is 0 Å². The van der Waals surface area contributed by atoms with Crippen LogP contribution in [0, 0.1) is 0 Å². The molecular weight excluding hydrogens is 182 g/mol. The van der Waals surface area contributed by atoms with Crippen LogP contribution in [0.2, 0.25) is 0 Å². The van der Waals surface area contributed by atoms with Crippen LogP contribution in [0.15, 0.2) is 24.3 Å². The minimum atomic E-state index is -0.143. The largest absolute Gasteiger partial charge is 0.321 e. The van der Waals surface area contributed by atoms with E-state index in [-0.39, 0.29) is 5.54 Å². The molecule has 0 atom stereocenters. The Bertz CT molecular complexity index is 294. The molecule has 0 aliphatic heterocycles. The van der Waals surface area contributed by atoms with E-state index in [1.807, 2.05) is 0 Å². The van der Waals surface area contributed by atoms with Crippen LogP contribution in [0.3, 0.4) is 0 Å². The van der Waals surface area contributed by atoms with Crippen LogP contribution >= 0.6 is 0 Å². The molecule has 0 radical (unpaired) electrons. The second kappa shape index (κ2) is 4.80. The summed E-state index contributed by atoms with van der Waals surface area (Å²) < 4.78 is 0. The molecule has 2 N–H and O–H groups in total. The van der Waals surface area contributed by atoms with Crippen LogP contribution in [0.4, 0.5) is 0 Å². The molecular formula is C14H23N. The van der Waals surface area contributed by atoms with Gasteiger partial charge in [-0.25, -0.2) is 0 Å². The van der Waals surface area contributed by atoms with Gasteiger partial charge in [0.05, 0.1) is 0 Å². The maximum absolute atomic E-state index is 6.34. The van der Waals surface area contributed by atoms with Gasteiger partial charge in [-0.2, -0.15) is 0 Å². The Morgan fingerprint density at radius 3 is 1.87 bits per heavy atom. The van der Waals surface area contributed by atoms with Crippen LogP contribution in [-0.4, -0.2) is 0 Å². The first kappa shape index (κ1) is 12.3. The zero-order valence-electron chi connectivity index (χ0n) is 10.4. The van der Waals surface area contributed by atoms with Gasteiger partial charge < -0.3 is 5.73 Å². The molecule has 15 heavy (non-hydrogen) atoms. The van der Waals surface area contributed by atoms with E-state index in [2.05, 4.69) is 52.0 Å². The second-order valence-corrected chi connectivity index (χ2v) is 4.64. The minimum Gasteiger partial charge on any atom is -0.321 e. The fourth-order valence-electron chi connectivity index (χ4n) is 1.86. The summed E-state index contributed by atoms with van der Waals surface area (Å²) in [4.78, 5) is 0. The van der Waals surface area contributed by atoms with Gasteiger partial charge >= 0.3 is 0 Å². The monoisotopic (exact) mass is 205 g/mol. The maximum Gasteiger partial charge on any atom is 0.0404 e. The summed E-state index contributed by atoms with van der Waals surface area (Å²) in [6, 6.07) is 8.77. The first-order valence-corrected chi connectivity index (χ1v) is 5.92. The fraction of sp³-hybridized carbons (Fsp3) is 0.571. The second-order valence-electron chi connectivity index (χ2n) is 4.64. The molecule has 0 aromatic heterocycles. The van der Waals surface area contributed by atoms with E-state index in [9.17, 15) is 0 Å². The standard InChI is InChI=1S/C14H23N/c1-5-14(15,6-2)13-9-7-12(8-10-13)11(3)4/h7-11H,5-6,15H2,1-4H3. The molecule has 0 saturated carbocycles. The van der Waals surface area contributed by atoms with Crippen molar-refractivity contribution in [3.63, 3.8) is 0 Å². The number of benzene rings is 1. The van der Waals surface area contributed by atoms with Crippen molar-refractivity contribution in [3.05, 3.63) is 35.4 Å². The van der Waals surface area contributed by atoms with Crippen LogP contribution in [0.5, 0.6) is 0 Å². The van der Waals surface area contributed by atoms with E-state index >= 15 is 0 Å². The molecule has 0 heterocycles. The van der Waals surface area contributed by atoms with Crippen LogP contribution in [0.25, 0.3) is 0 Å². The van der Waals surface area contributed by atoms with Crippen LogP contribution in [-0.2, 0) is 5.54 Å². The van der Waals surface area contributed by atoms with Crippen LogP contribution < -0.4 is 5.73 Å². The summed E-state index contributed by atoms with van der Waals surface area (Å²) >= 11 is 0. The summed E-state index contributed by atoms with van der Waals surface area (Å²) in [5, 5.41) is 0. The third-order valence-electron chi connectivity index (χ3n) is 3.41. The number of hydrogen-bond donors (Lipinski definition) is 1. The Balaban J connectivity index is 2.97. The summed E-state index contributed by atoms with van der Waals surface area (Å²) in [5.74, 6) is 0.592. The Hall–Kier alpha value is -0.820. The van der Waals surface area contributed by atoms with Gasteiger partial charge in [0.15, 0.2) is 0 Å². The molecule has 0 unspecified atom stereocenters. The number of nitrogens with two attached hydrogens (primary N) is 1. The molecule has 0 aliphatic rings. The van der Waals surface area contributed by atoms with Gasteiger partial charge in [0.25, 0.3) is 0 Å². The van der Waals surface area contributed by atoms with Gasteiger partial charge in [0.2, 0.25) is 0 Å². The third kappa shape index (κ3) is 2.60. The lowest BCUT2D eigenvalue weighted by molar-refractivity contribution is 0.412. The lowest BCUT2D eigenvalue weighted by atomic mass is 9.85. The number of rotatable bonds is 4. The van der Waals surface area contributed by atoms with Gasteiger partial charge in [0, 0.05) is 5.54 Å². The highest BCUT2D eigenvalue weighted by atomic mass is 14.7. The van der Waals surface area contributed by atoms with Crippen molar-refractivity contribution in [2.24, 2.45) is 5.73 Å². The van der Waals surface area contributed by atoms with Crippen LogP contribution in [0.1, 0.15) is 57.6 Å². The lowest BCUT2D eigenvalue weighted by Gasteiger charge is -2.27. The Labute approximate surface area is 93.7 Å². The van der Waals surface area contributed by atoms with Gasteiger partial charge in [-0.3, -0.25) is 0 Å². The van der Waals surface area contributed by atoms with E-state index in [0.29, 0.717) is 5.92 Å². The first-order chi connectivity index (χ1) is 7.03. The van der Waals surface area contributed by atoms with Gasteiger partial charge in [-0.15, -0.1) is 0 Å². The average molecular weight is 205 g/mol. The third-order valence-corrected chi connectivity index (χ3v) is 3.41. The summed E-state index contributed by atoms with van der Waals surface area (Å²) in [6.07, 6.45) is 1.98. The molecule has 0 saturated heterocycles. The van der Waals surface area contributed by atoms with Crippen molar-refractivity contribution in [1.82, 2.24) is 0 Å². The van der Waals surface area contributed by atoms with Crippen molar-refractivity contribution in [2.75, 3.05) is 0 Å². The smallest absolute Gasteiger partial charge is 0.0404 e. The summed E-state index contributed by atoms with van der Waals surface area (Å²) in [6.45, 7) is 8.73. The van der Waals surface area contributed by atoms with E-state index in [4.69, 9.17) is 5.73 Å². The van der Waals surface area contributed by atoms with E-state index in [1.54, 1.807) is 0 Å². The molecule has 1 rings (SSSR count). The molecule has 84 valence electrons. The van der Waals surface area contributed by atoms with Crippen molar-refractivity contribution in [2.45, 2.75) is 52.0 Å². The zero-order valence-corrected chi connectivity index (χ0v) is 10.4. The Morgan fingerprint density at radius 1 is 1.07 bits per heavy atom. The Kier molecular flexibility index (Phi) is 3.92. The molecule has 0 aliphatic carbocycles. The molecule has 1 aromatic carbocycles. The quantitative estimate of drug-likeness (QED) is 0.795. The highest BCUT2D eigenvalue weighted by Gasteiger charge is 2.22. The molecule has 1 heteroatoms. The summed E-state index contributed by atoms with van der Waals surface area (Å²) in [7, 11) is 0. The van der Waals surface area contributed by atoms with E-state index in [1.165, 1.54) is 11.1 Å². The molecule has 0 amide bonds. The fourth-order valence-corrected chi connectivity index (χ4v) is 1.86. The summed E-state index contributed by atoms with van der Waals surface area (Å²) in [5.41, 5.74) is 8.84. The number of hydrogen-bond acceptors (Lipinski definition) is 1. The molecule has 0 fully saturated rings. The minimum absolute atomic E-state index is 0.143. The first-order valence-electron chi connectivity index (χ1n) is 5.92. The van der Waals surface area contributed by atoms with Gasteiger partial charge in [0.1, 0.15) is 0 Å². The van der Waals surface area contributed by atoms with Crippen molar-refractivity contribution in [1.29, 1.82) is 0 Å². The molecule has 1 aromatic rings. The topological polar surface area (TPSA) is 26.0 Å². The maximum atomic E-state index is 6.34. The van der Waals surface area contributed by atoms with E-state index in [0.717, 1.165) is 12.8 Å². The normalized spacial score (nSPS) is 12.1. The molecule has 0 spiro atoms. The highest BCUT2D eigenvalue weighted by molar-refractivity contribution is 5.29.